The number of aromatic amines is 2. The van der Waals surface area contributed by atoms with Crippen molar-refractivity contribution < 1.29 is 14.3 Å². The Morgan fingerprint density at radius 1 is 1.35 bits per heavy atom. The zero-order chi connectivity index (χ0) is 16.2. The second-order valence-electron chi connectivity index (χ2n) is 4.98. The summed E-state index contributed by atoms with van der Waals surface area (Å²) in [6.45, 7) is 2.73. The summed E-state index contributed by atoms with van der Waals surface area (Å²) in [4.78, 5) is 19.8. The lowest BCUT2D eigenvalue weighted by molar-refractivity contribution is 0.102. The lowest BCUT2D eigenvalue weighted by atomic mass is 10.2. The highest BCUT2D eigenvalue weighted by Gasteiger charge is 2.15. The number of carbonyl (C=O) groups is 1. The highest BCUT2D eigenvalue weighted by Crippen LogP contribution is 2.20. The van der Waals surface area contributed by atoms with E-state index >= 15 is 0 Å². The van der Waals surface area contributed by atoms with E-state index in [1.54, 1.807) is 25.4 Å². The number of carbonyl (C=O) groups excluding carboxylic acids is 1. The molecule has 120 valence electrons. The summed E-state index contributed by atoms with van der Waals surface area (Å²) in [6.07, 6.45) is 1.62. The van der Waals surface area contributed by atoms with Gasteiger partial charge >= 0.3 is 0 Å². The van der Waals surface area contributed by atoms with Crippen molar-refractivity contribution in [3.63, 3.8) is 0 Å². The predicted octanol–water partition coefficient (Wildman–Crippen LogP) is 1.87. The molecule has 0 aliphatic heterocycles. The minimum Gasteiger partial charge on any atom is -0.475 e. The van der Waals surface area contributed by atoms with Crippen molar-refractivity contribution >= 4 is 22.8 Å². The molecule has 3 N–H and O–H groups in total. The summed E-state index contributed by atoms with van der Waals surface area (Å²) < 4.78 is 10.4. The third-order valence-corrected chi connectivity index (χ3v) is 3.23. The molecule has 8 nitrogen and oxygen atoms in total. The Hall–Kier alpha value is -2.87. The van der Waals surface area contributed by atoms with Crippen LogP contribution in [0.2, 0.25) is 0 Å². The van der Waals surface area contributed by atoms with Crippen molar-refractivity contribution in [2.45, 2.75) is 6.92 Å². The lowest BCUT2D eigenvalue weighted by Crippen LogP contribution is -2.12. The number of hydrogen-bond acceptors (Lipinski definition) is 5. The summed E-state index contributed by atoms with van der Waals surface area (Å²) in [5, 5.41) is 9.49. The Morgan fingerprint density at radius 3 is 2.96 bits per heavy atom. The molecular formula is C15H17N5O3. The smallest absolute Gasteiger partial charge is 0.260 e. The van der Waals surface area contributed by atoms with Gasteiger partial charge in [0.25, 0.3) is 5.91 Å². The number of H-pyrrole nitrogens is 2. The van der Waals surface area contributed by atoms with E-state index in [1.807, 2.05) is 13.0 Å². The van der Waals surface area contributed by atoms with Gasteiger partial charge in [-0.15, -0.1) is 0 Å². The van der Waals surface area contributed by atoms with Gasteiger partial charge in [0.05, 0.1) is 17.7 Å². The van der Waals surface area contributed by atoms with Crippen molar-refractivity contribution in [3.8, 4) is 5.88 Å². The van der Waals surface area contributed by atoms with Crippen LogP contribution in [0.3, 0.4) is 0 Å². The molecule has 0 atom stereocenters. The zero-order valence-electron chi connectivity index (χ0n) is 12.8. The van der Waals surface area contributed by atoms with Gasteiger partial charge in [-0.05, 0) is 13.0 Å². The number of methoxy groups -OCH3 is 1. The molecule has 0 saturated heterocycles. The number of rotatable bonds is 6. The molecule has 0 bridgehead atoms. The van der Waals surface area contributed by atoms with Gasteiger partial charge in [-0.25, -0.2) is 4.98 Å². The van der Waals surface area contributed by atoms with Crippen LogP contribution in [0.1, 0.15) is 16.1 Å². The number of amides is 1. The number of aromatic nitrogens is 4. The van der Waals surface area contributed by atoms with Gasteiger partial charge in [0, 0.05) is 31.1 Å². The molecule has 0 aliphatic rings. The zero-order valence-corrected chi connectivity index (χ0v) is 12.8. The standard InChI is InChI=1S/C15H17N5O3/c1-9-7-12(20-19-9)17-15(21)10-8-16-11-3-4-13(18-14(10)11)23-6-5-22-2/h3-4,7-8,16H,5-6H2,1-2H3,(H2,17,19,20,21). The quantitative estimate of drug-likeness (QED) is 0.602. The number of nitrogens with one attached hydrogen (secondary N) is 3. The van der Waals surface area contributed by atoms with Gasteiger partial charge in [-0.2, -0.15) is 5.10 Å². The molecular weight excluding hydrogens is 298 g/mol. The van der Waals surface area contributed by atoms with Gasteiger partial charge < -0.3 is 19.8 Å². The molecule has 3 rings (SSSR count). The molecule has 0 radical (unpaired) electrons. The van der Waals surface area contributed by atoms with Crippen LogP contribution in [0.4, 0.5) is 5.82 Å². The maximum Gasteiger partial charge on any atom is 0.260 e. The molecule has 0 aliphatic carbocycles. The van der Waals surface area contributed by atoms with Crippen LogP contribution in [0.25, 0.3) is 11.0 Å². The van der Waals surface area contributed by atoms with E-state index in [-0.39, 0.29) is 5.91 Å². The molecule has 3 aromatic heterocycles. The topological polar surface area (TPSA) is 105 Å². The Balaban J connectivity index is 1.82. The molecule has 23 heavy (non-hydrogen) atoms. The molecule has 8 heteroatoms. The van der Waals surface area contributed by atoms with Crippen LogP contribution in [-0.2, 0) is 4.74 Å². The van der Waals surface area contributed by atoms with Gasteiger partial charge in [0.2, 0.25) is 5.88 Å². The first-order chi connectivity index (χ1) is 11.2. The SMILES string of the molecule is COCCOc1ccc2[nH]cc(C(=O)Nc3cc(C)[nH]n3)c2n1. The van der Waals surface area contributed by atoms with Crippen molar-refractivity contribution in [3.05, 3.63) is 35.7 Å². The van der Waals surface area contributed by atoms with Crippen LogP contribution in [0.5, 0.6) is 5.88 Å². The number of fused-ring (bicyclic) bond motifs is 1. The predicted molar refractivity (Wildman–Crippen MR) is 84.7 cm³/mol. The average Bonchev–Trinajstić information content (AvgIpc) is 3.13. The van der Waals surface area contributed by atoms with Gasteiger partial charge in [0.1, 0.15) is 12.1 Å². The monoisotopic (exact) mass is 315 g/mol. The fourth-order valence-electron chi connectivity index (χ4n) is 2.13. The lowest BCUT2D eigenvalue weighted by Gasteiger charge is -2.05. The molecule has 0 aromatic carbocycles. The average molecular weight is 315 g/mol. The molecule has 3 heterocycles. The molecule has 0 spiro atoms. The van der Waals surface area contributed by atoms with E-state index < -0.39 is 0 Å². The third-order valence-electron chi connectivity index (χ3n) is 3.23. The van der Waals surface area contributed by atoms with E-state index in [0.717, 1.165) is 11.2 Å². The van der Waals surface area contributed by atoms with E-state index in [0.29, 0.717) is 36.0 Å². The third kappa shape index (κ3) is 3.32. The van der Waals surface area contributed by atoms with Gasteiger partial charge in [-0.1, -0.05) is 0 Å². The number of nitrogens with zero attached hydrogens (tertiary/aromatic N) is 2. The fraction of sp³-hybridized carbons (Fsp3) is 0.267. The number of ether oxygens (including phenoxy) is 2. The van der Waals surface area contributed by atoms with Crippen LogP contribution in [0, 0.1) is 6.92 Å². The van der Waals surface area contributed by atoms with Crippen LogP contribution in [-0.4, -0.2) is 46.4 Å². The Kier molecular flexibility index (Phi) is 4.24. The molecule has 0 fully saturated rings. The second-order valence-corrected chi connectivity index (χ2v) is 4.98. The second kappa shape index (κ2) is 6.49. The van der Waals surface area contributed by atoms with E-state index in [2.05, 4.69) is 25.5 Å². The summed E-state index contributed by atoms with van der Waals surface area (Å²) in [5.74, 6) is 0.623. The van der Waals surface area contributed by atoms with Crippen LogP contribution < -0.4 is 10.1 Å². The van der Waals surface area contributed by atoms with Crippen LogP contribution >= 0.6 is 0 Å². The van der Waals surface area contributed by atoms with E-state index in [9.17, 15) is 4.79 Å². The Morgan fingerprint density at radius 2 is 2.22 bits per heavy atom. The van der Waals surface area contributed by atoms with Gasteiger partial charge in [-0.3, -0.25) is 9.89 Å². The number of pyridine rings is 1. The fourth-order valence-corrected chi connectivity index (χ4v) is 2.13. The highest BCUT2D eigenvalue weighted by molar-refractivity contribution is 6.11. The first-order valence-corrected chi connectivity index (χ1v) is 7.10. The number of anilines is 1. The molecule has 1 amide bonds. The Bertz CT molecular complexity index is 823. The summed E-state index contributed by atoms with van der Waals surface area (Å²) in [5.41, 5.74) is 2.60. The Labute approximate surface area is 132 Å². The summed E-state index contributed by atoms with van der Waals surface area (Å²) in [6, 6.07) is 5.31. The normalized spacial score (nSPS) is 10.9. The number of aryl methyl sites for hydroxylation is 1. The highest BCUT2D eigenvalue weighted by atomic mass is 16.5. The first-order valence-electron chi connectivity index (χ1n) is 7.10. The minimum atomic E-state index is -0.288. The minimum absolute atomic E-state index is 0.288. The first kappa shape index (κ1) is 15.0. The van der Waals surface area contributed by atoms with Crippen LogP contribution in [0.15, 0.2) is 24.4 Å². The molecule has 0 saturated carbocycles. The van der Waals surface area contributed by atoms with Crippen molar-refractivity contribution in [1.29, 1.82) is 0 Å². The van der Waals surface area contributed by atoms with Crippen molar-refractivity contribution in [2.24, 2.45) is 0 Å². The molecule has 0 unspecified atom stereocenters. The molecule has 3 aromatic rings. The van der Waals surface area contributed by atoms with E-state index in [1.165, 1.54) is 0 Å². The summed E-state index contributed by atoms with van der Waals surface area (Å²) in [7, 11) is 1.60. The van der Waals surface area contributed by atoms with E-state index in [4.69, 9.17) is 9.47 Å². The summed E-state index contributed by atoms with van der Waals surface area (Å²) >= 11 is 0. The maximum absolute atomic E-state index is 12.4. The maximum atomic E-state index is 12.4. The van der Waals surface area contributed by atoms with Gasteiger partial charge in [0.15, 0.2) is 5.82 Å². The largest absolute Gasteiger partial charge is 0.475 e. The number of hydrogen-bond donors (Lipinski definition) is 3. The van der Waals surface area contributed by atoms with Crippen molar-refractivity contribution in [2.75, 3.05) is 25.6 Å². The van der Waals surface area contributed by atoms with Crippen molar-refractivity contribution in [1.82, 2.24) is 20.2 Å².